The summed E-state index contributed by atoms with van der Waals surface area (Å²) in [4.78, 5) is 10.1. The predicted molar refractivity (Wildman–Crippen MR) is 64.5 cm³/mol. The molecule has 15 heavy (non-hydrogen) atoms. The van der Waals surface area contributed by atoms with Crippen molar-refractivity contribution in [3.8, 4) is 0 Å². The maximum absolute atomic E-state index is 10.5. The summed E-state index contributed by atoms with van der Waals surface area (Å²) in [5.41, 5.74) is 1.94. The van der Waals surface area contributed by atoms with Gasteiger partial charge in [-0.25, -0.2) is 0 Å². The van der Waals surface area contributed by atoms with Crippen LogP contribution in [0, 0.1) is 16.0 Å². The Balaban J connectivity index is 2.92. The molecule has 1 aromatic heterocycles. The monoisotopic (exact) mass is 245 g/mol. The van der Waals surface area contributed by atoms with Crippen LogP contribution in [0.25, 0.3) is 6.08 Å². The van der Waals surface area contributed by atoms with E-state index in [0.29, 0.717) is 11.8 Å². The first-order valence-electron chi connectivity index (χ1n) is 4.54. The highest BCUT2D eigenvalue weighted by Gasteiger charge is 2.09. The lowest BCUT2D eigenvalue weighted by atomic mass is 10.0. The van der Waals surface area contributed by atoms with Crippen molar-refractivity contribution in [3.63, 3.8) is 0 Å². The van der Waals surface area contributed by atoms with Crippen LogP contribution in [0.3, 0.4) is 0 Å². The summed E-state index contributed by atoms with van der Waals surface area (Å²) in [5, 5.41) is 12.4. The van der Waals surface area contributed by atoms with Crippen molar-refractivity contribution >= 4 is 34.0 Å². The van der Waals surface area contributed by atoms with Crippen molar-refractivity contribution in [2.45, 2.75) is 13.8 Å². The van der Waals surface area contributed by atoms with Crippen LogP contribution in [-0.4, -0.2) is 10.8 Å². The van der Waals surface area contributed by atoms with E-state index in [1.807, 2.05) is 6.08 Å². The number of hydrogen-bond acceptors (Lipinski definition) is 3. The lowest BCUT2D eigenvalue weighted by molar-refractivity contribution is -0.380. The first-order valence-corrected chi connectivity index (χ1v) is 5.95. The van der Waals surface area contributed by atoms with Crippen LogP contribution in [0.4, 0.5) is 5.00 Å². The Morgan fingerprint density at radius 3 is 2.80 bits per heavy atom. The third kappa shape index (κ3) is 3.32. The van der Waals surface area contributed by atoms with Gasteiger partial charge < -0.3 is 0 Å². The molecule has 0 aliphatic heterocycles. The maximum atomic E-state index is 10.5. The van der Waals surface area contributed by atoms with Gasteiger partial charge in [0.2, 0.25) is 0 Å². The van der Waals surface area contributed by atoms with Crippen molar-refractivity contribution in [3.05, 3.63) is 32.7 Å². The minimum Gasteiger partial charge on any atom is -0.258 e. The molecule has 0 aliphatic carbocycles. The molecule has 1 aromatic rings. The number of hydrogen-bond donors (Lipinski definition) is 0. The van der Waals surface area contributed by atoms with Crippen LogP contribution < -0.4 is 0 Å². The predicted octanol–water partition coefficient (Wildman–Crippen LogP) is 3.93. The average molecular weight is 246 g/mol. The van der Waals surface area contributed by atoms with Crippen LogP contribution >= 0.6 is 22.9 Å². The molecule has 0 atom stereocenters. The van der Waals surface area contributed by atoms with E-state index in [4.69, 9.17) is 11.6 Å². The number of halogens is 1. The van der Waals surface area contributed by atoms with Gasteiger partial charge in [-0.15, -0.1) is 11.6 Å². The SMILES string of the molecule is CC(C)C(=Cc1csc([N+](=O)[O-])c1)CCl. The summed E-state index contributed by atoms with van der Waals surface area (Å²) in [7, 11) is 0. The van der Waals surface area contributed by atoms with Gasteiger partial charge in [0.25, 0.3) is 0 Å². The van der Waals surface area contributed by atoms with Crippen molar-refractivity contribution in [2.24, 2.45) is 5.92 Å². The van der Waals surface area contributed by atoms with E-state index in [2.05, 4.69) is 13.8 Å². The first-order chi connectivity index (χ1) is 7.04. The van der Waals surface area contributed by atoms with Crippen LogP contribution in [0.2, 0.25) is 0 Å². The molecule has 1 heterocycles. The summed E-state index contributed by atoms with van der Waals surface area (Å²) in [5.74, 6) is 0.822. The van der Waals surface area contributed by atoms with Gasteiger partial charge >= 0.3 is 5.00 Å². The minimum absolute atomic E-state index is 0.166. The van der Waals surface area contributed by atoms with Crippen LogP contribution in [0.15, 0.2) is 17.0 Å². The molecule has 5 heteroatoms. The van der Waals surface area contributed by atoms with E-state index in [-0.39, 0.29) is 9.92 Å². The molecule has 0 aromatic carbocycles. The largest absolute Gasteiger partial charge is 0.324 e. The Morgan fingerprint density at radius 2 is 2.40 bits per heavy atom. The molecule has 0 spiro atoms. The fraction of sp³-hybridized carbons (Fsp3) is 0.400. The first kappa shape index (κ1) is 12.2. The third-order valence-electron chi connectivity index (χ3n) is 2.03. The topological polar surface area (TPSA) is 43.1 Å². The van der Waals surface area contributed by atoms with Gasteiger partial charge in [0.15, 0.2) is 0 Å². The molecular weight excluding hydrogens is 234 g/mol. The molecule has 3 nitrogen and oxygen atoms in total. The zero-order chi connectivity index (χ0) is 11.4. The lowest BCUT2D eigenvalue weighted by Gasteiger charge is -2.06. The molecule has 0 saturated heterocycles. The fourth-order valence-electron chi connectivity index (χ4n) is 1.08. The molecule has 0 fully saturated rings. The molecule has 0 radical (unpaired) electrons. The van der Waals surface area contributed by atoms with E-state index in [0.717, 1.165) is 22.5 Å². The van der Waals surface area contributed by atoms with Gasteiger partial charge in [-0.3, -0.25) is 10.1 Å². The Morgan fingerprint density at radius 1 is 1.73 bits per heavy atom. The number of thiophene rings is 1. The molecular formula is C10H12ClNO2S. The Hall–Kier alpha value is -0.870. The maximum Gasteiger partial charge on any atom is 0.324 e. The molecule has 0 aliphatic rings. The molecule has 0 bridgehead atoms. The van der Waals surface area contributed by atoms with Crippen molar-refractivity contribution in [2.75, 3.05) is 5.88 Å². The second-order valence-corrected chi connectivity index (χ2v) is 4.64. The molecule has 0 saturated carbocycles. The highest BCUT2D eigenvalue weighted by molar-refractivity contribution is 7.13. The van der Waals surface area contributed by atoms with Gasteiger partial charge in [0.1, 0.15) is 0 Å². The quantitative estimate of drug-likeness (QED) is 0.458. The van der Waals surface area contributed by atoms with Crippen LogP contribution in [-0.2, 0) is 0 Å². The number of rotatable bonds is 4. The summed E-state index contributed by atoms with van der Waals surface area (Å²) in [6.45, 7) is 4.10. The van der Waals surface area contributed by atoms with Gasteiger partial charge in [0.05, 0.1) is 4.92 Å². The normalized spacial score (nSPS) is 12.1. The Kier molecular flexibility index (Phi) is 4.29. The zero-order valence-corrected chi connectivity index (χ0v) is 10.1. The summed E-state index contributed by atoms with van der Waals surface area (Å²) >= 11 is 6.92. The Bertz CT molecular complexity index is 385. The van der Waals surface area contributed by atoms with Gasteiger partial charge in [-0.05, 0) is 11.5 Å². The standard InChI is InChI=1S/C10H12ClNO2S/c1-7(2)9(5-11)3-8-4-10(12(13)14)15-6-8/h3-4,6-7H,5H2,1-2H3. The van der Waals surface area contributed by atoms with E-state index in [9.17, 15) is 10.1 Å². The lowest BCUT2D eigenvalue weighted by Crippen LogP contribution is -1.94. The van der Waals surface area contributed by atoms with Gasteiger partial charge in [0, 0.05) is 17.3 Å². The molecule has 0 amide bonds. The summed E-state index contributed by atoms with van der Waals surface area (Å²) in [6.07, 6.45) is 1.92. The molecule has 1 rings (SSSR count). The summed E-state index contributed by atoms with van der Waals surface area (Å²) < 4.78 is 0. The molecule has 0 unspecified atom stereocenters. The van der Waals surface area contributed by atoms with Crippen LogP contribution in [0.5, 0.6) is 0 Å². The fourth-order valence-corrected chi connectivity index (χ4v) is 2.15. The Labute approximate surface area is 97.5 Å². The minimum atomic E-state index is -0.377. The number of nitrogens with zero attached hydrogens (tertiary/aromatic N) is 1. The number of nitro groups is 1. The molecule has 82 valence electrons. The highest BCUT2D eigenvalue weighted by Crippen LogP contribution is 2.25. The van der Waals surface area contributed by atoms with E-state index < -0.39 is 0 Å². The second-order valence-electron chi connectivity index (χ2n) is 3.48. The van der Waals surface area contributed by atoms with E-state index in [1.54, 1.807) is 11.4 Å². The van der Waals surface area contributed by atoms with Crippen molar-refractivity contribution in [1.29, 1.82) is 0 Å². The molecule has 0 N–H and O–H groups in total. The van der Waals surface area contributed by atoms with Gasteiger partial charge in [-0.2, -0.15) is 0 Å². The smallest absolute Gasteiger partial charge is 0.258 e. The summed E-state index contributed by atoms with van der Waals surface area (Å²) in [6, 6.07) is 1.57. The van der Waals surface area contributed by atoms with Crippen molar-refractivity contribution < 1.29 is 4.92 Å². The zero-order valence-electron chi connectivity index (χ0n) is 8.57. The van der Waals surface area contributed by atoms with Gasteiger partial charge in [-0.1, -0.05) is 36.8 Å². The second kappa shape index (κ2) is 5.28. The van der Waals surface area contributed by atoms with Crippen molar-refractivity contribution in [1.82, 2.24) is 0 Å². The average Bonchev–Trinajstić information content (AvgIpc) is 2.61. The third-order valence-corrected chi connectivity index (χ3v) is 3.24. The van der Waals surface area contributed by atoms with Crippen LogP contribution in [0.1, 0.15) is 19.4 Å². The number of alkyl halides is 1. The van der Waals surface area contributed by atoms with E-state index >= 15 is 0 Å². The van der Waals surface area contributed by atoms with E-state index in [1.165, 1.54) is 0 Å². The highest BCUT2D eigenvalue weighted by atomic mass is 35.5. The number of allylic oxidation sites excluding steroid dienone is 1.